The van der Waals surface area contributed by atoms with Crippen LogP contribution >= 0.6 is 0 Å². The molecule has 0 bridgehead atoms. The maximum Gasteiger partial charge on any atom is 0.250 e. The first-order chi connectivity index (χ1) is 14.4. The molecule has 31 heavy (non-hydrogen) atoms. The highest BCUT2D eigenvalue weighted by molar-refractivity contribution is 5.94. The Morgan fingerprint density at radius 3 is 1.94 bits per heavy atom. The number of aromatic nitrogens is 2. The summed E-state index contributed by atoms with van der Waals surface area (Å²) in [6, 6.07) is 0. The summed E-state index contributed by atoms with van der Waals surface area (Å²) in [5.74, 6) is -0.588. The summed E-state index contributed by atoms with van der Waals surface area (Å²) in [7, 11) is 0. The summed E-state index contributed by atoms with van der Waals surface area (Å²) in [6.07, 6.45) is 3.78. The van der Waals surface area contributed by atoms with E-state index in [-0.39, 0.29) is 0 Å². The van der Waals surface area contributed by atoms with Crippen LogP contribution in [-0.2, 0) is 22.7 Å². The molecule has 9 nitrogen and oxygen atoms in total. The number of primary amides is 1. The summed E-state index contributed by atoms with van der Waals surface area (Å²) in [4.78, 5) is 30.2. The van der Waals surface area contributed by atoms with Gasteiger partial charge in [0.2, 0.25) is 11.6 Å². The van der Waals surface area contributed by atoms with Crippen LogP contribution in [0.2, 0.25) is 0 Å². The topological polar surface area (TPSA) is 123 Å². The zero-order valence-corrected chi connectivity index (χ0v) is 18.6. The Hall–Kier alpha value is -3.04. The fourth-order valence-corrected chi connectivity index (χ4v) is 3.21. The van der Waals surface area contributed by atoms with Crippen molar-refractivity contribution in [2.75, 3.05) is 0 Å². The van der Waals surface area contributed by atoms with Crippen LogP contribution in [0, 0.1) is 13.8 Å². The number of hydrogen-bond donors (Lipinski definition) is 1. The summed E-state index contributed by atoms with van der Waals surface area (Å²) < 4.78 is 22.3. The molecule has 0 saturated heterocycles. The van der Waals surface area contributed by atoms with Crippen LogP contribution < -0.4 is 15.2 Å². The minimum absolute atomic E-state index is 0.309. The third kappa shape index (κ3) is 4.83. The van der Waals surface area contributed by atoms with Crippen molar-refractivity contribution in [1.82, 2.24) is 9.97 Å². The molecular weight excluding hydrogens is 402 g/mol. The van der Waals surface area contributed by atoms with Crippen molar-refractivity contribution in [1.29, 1.82) is 0 Å². The number of aryl methyl sites for hydroxylation is 2. The van der Waals surface area contributed by atoms with Crippen molar-refractivity contribution in [2.24, 2.45) is 5.73 Å². The molecule has 4 rings (SSSR count). The van der Waals surface area contributed by atoms with Crippen LogP contribution in [0.1, 0.15) is 70.9 Å². The number of fused-ring (bicyclic) bond motifs is 2. The fraction of sp³-hybridized carbons (Fsp3) is 0.455. The molecule has 0 atom stereocenters. The summed E-state index contributed by atoms with van der Waals surface area (Å²) in [6.45, 7) is 11.7. The van der Waals surface area contributed by atoms with Gasteiger partial charge in [-0.05, 0) is 13.8 Å². The lowest BCUT2D eigenvalue weighted by atomic mass is 10.1. The molecule has 1 amide bonds. The number of amides is 1. The first-order valence-electron chi connectivity index (χ1n) is 9.82. The van der Waals surface area contributed by atoms with Crippen LogP contribution in [0.3, 0.4) is 0 Å². The molecule has 2 N–H and O–H groups in total. The van der Waals surface area contributed by atoms with Crippen molar-refractivity contribution in [2.45, 2.75) is 66.3 Å². The molecule has 4 heterocycles. The number of rotatable bonds is 2. The lowest BCUT2D eigenvalue weighted by molar-refractivity contribution is -0.181. The largest absolute Gasteiger partial charge is 0.461 e. The molecule has 2 aromatic rings. The number of nitrogens with zero attached hydrogens (tertiary/aromatic N) is 2. The van der Waals surface area contributed by atoms with E-state index in [0.29, 0.717) is 41.4 Å². The van der Waals surface area contributed by atoms with Gasteiger partial charge < -0.3 is 24.7 Å². The number of carbonyl (C=O) groups is 2. The quantitative estimate of drug-likeness (QED) is 0.723. The van der Waals surface area contributed by atoms with Crippen LogP contribution in [-0.4, -0.2) is 33.7 Å². The molecule has 0 fully saturated rings. The fourth-order valence-electron chi connectivity index (χ4n) is 3.21. The van der Waals surface area contributed by atoms with E-state index in [1.807, 2.05) is 41.5 Å². The van der Waals surface area contributed by atoms with Crippen molar-refractivity contribution in [3.63, 3.8) is 0 Å². The van der Waals surface area contributed by atoms with Crippen LogP contribution in [0.4, 0.5) is 0 Å². The number of ether oxygens (including phenoxy) is 4. The summed E-state index contributed by atoms with van der Waals surface area (Å²) in [5, 5.41) is 0. The Kier molecular flexibility index (Phi) is 6.02. The molecule has 0 spiro atoms. The second-order valence-electron chi connectivity index (χ2n) is 8.23. The number of carbonyl (C=O) groups excluding carboxylic acids is 2. The van der Waals surface area contributed by atoms with Crippen LogP contribution in [0.5, 0.6) is 11.5 Å². The predicted octanol–water partition coefficient (Wildman–Crippen LogP) is 2.98. The molecule has 2 aliphatic heterocycles. The predicted molar refractivity (Wildman–Crippen MR) is 111 cm³/mol. The van der Waals surface area contributed by atoms with Gasteiger partial charge in [-0.1, -0.05) is 0 Å². The van der Waals surface area contributed by atoms with Crippen LogP contribution in [0.25, 0.3) is 0 Å². The zero-order valence-electron chi connectivity index (χ0n) is 18.6. The lowest BCUT2D eigenvalue weighted by Gasteiger charge is -2.33. The van der Waals surface area contributed by atoms with Gasteiger partial charge in [-0.3, -0.25) is 19.6 Å². The van der Waals surface area contributed by atoms with E-state index in [4.69, 9.17) is 24.7 Å². The van der Waals surface area contributed by atoms with E-state index in [9.17, 15) is 9.59 Å². The molecule has 0 saturated carbocycles. The van der Waals surface area contributed by atoms with E-state index >= 15 is 0 Å². The minimum atomic E-state index is -0.699. The summed E-state index contributed by atoms with van der Waals surface area (Å²) >= 11 is 0. The van der Waals surface area contributed by atoms with Gasteiger partial charge in [-0.2, -0.15) is 0 Å². The van der Waals surface area contributed by atoms with Gasteiger partial charge in [-0.15, -0.1) is 0 Å². The monoisotopic (exact) mass is 429 g/mol. The van der Waals surface area contributed by atoms with Crippen molar-refractivity contribution < 1.29 is 28.5 Å². The Morgan fingerprint density at radius 1 is 0.935 bits per heavy atom. The third-order valence-electron chi connectivity index (χ3n) is 4.88. The Morgan fingerprint density at radius 2 is 1.42 bits per heavy atom. The van der Waals surface area contributed by atoms with E-state index in [1.54, 1.807) is 6.20 Å². The average Bonchev–Trinajstić information content (AvgIpc) is 2.69. The Bertz CT molecular complexity index is 1030. The second-order valence-corrected chi connectivity index (χ2v) is 8.23. The maximum absolute atomic E-state index is 11.2. The number of aldehydes is 1. The average molecular weight is 429 g/mol. The normalized spacial score (nSPS) is 17.6. The standard InChI is InChI=1S/C11H14N2O3.C11H13NO3/c1-6-9-8(5-15-11(2,3)16-9)7(4-13-6)10(12)14;1-7-10-9(8(5-13)4-12-7)6-14-11(2,3)15-10/h4H,5H2,1-3H3,(H2,12,14);4-5H,6H2,1-3H3. The third-order valence-corrected chi connectivity index (χ3v) is 4.88. The Labute approximate surface area is 180 Å². The molecule has 0 aliphatic carbocycles. The Balaban J connectivity index is 0.000000176. The first kappa shape index (κ1) is 22.6. The van der Waals surface area contributed by atoms with Gasteiger partial charge in [0.25, 0.3) is 5.91 Å². The van der Waals surface area contributed by atoms with Crippen molar-refractivity contribution in [3.05, 3.63) is 46.0 Å². The zero-order chi connectivity index (χ0) is 23.0. The molecule has 0 aromatic carbocycles. The smallest absolute Gasteiger partial charge is 0.250 e. The van der Waals surface area contributed by atoms with Crippen LogP contribution in [0.15, 0.2) is 12.4 Å². The van der Waals surface area contributed by atoms with Gasteiger partial charge in [-0.25, -0.2) is 0 Å². The molecule has 0 unspecified atom stereocenters. The molecular formula is C22H27N3O6. The van der Waals surface area contributed by atoms with E-state index in [2.05, 4.69) is 9.97 Å². The first-order valence-corrected chi connectivity index (χ1v) is 9.82. The SMILES string of the molecule is Cc1ncc(C(N)=O)c2c1OC(C)(C)OC2.Cc1ncc(C=O)c2c1OC(C)(C)OC2. The number of pyridine rings is 2. The van der Waals surface area contributed by atoms with Gasteiger partial charge in [0.1, 0.15) is 0 Å². The van der Waals surface area contributed by atoms with Gasteiger partial charge in [0.15, 0.2) is 17.8 Å². The van der Waals surface area contributed by atoms with E-state index in [0.717, 1.165) is 23.2 Å². The second kappa shape index (κ2) is 8.24. The molecule has 2 aliphatic rings. The molecule has 0 radical (unpaired) electrons. The minimum Gasteiger partial charge on any atom is -0.461 e. The number of hydrogen-bond acceptors (Lipinski definition) is 8. The highest BCUT2D eigenvalue weighted by Gasteiger charge is 2.32. The molecule has 2 aromatic heterocycles. The van der Waals surface area contributed by atoms with Gasteiger partial charge in [0.05, 0.1) is 30.2 Å². The van der Waals surface area contributed by atoms with Gasteiger partial charge >= 0.3 is 0 Å². The highest BCUT2D eigenvalue weighted by atomic mass is 16.7. The maximum atomic E-state index is 11.2. The van der Waals surface area contributed by atoms with Gasteiger partial charge in [0, 0.05) is 56.8 Å². The molecule has 9 heteroatoms. The lowest BCUT2D eigenvalue weighted by Crippen LogP contribution is -2.36. The van der Waals surface area contributed by atoms with Crippen molar-refractivity contribution in [3.8, 4) is 11.5 Å². The highest BCUT2D eigenvalue weighted by Crippen LogP contribution is 2.35. The van der Waals surface area contributed by atoms with Crippen molar-refractivity contribution >= 4 is 12.2 Å². The summed E-state index contributed by atoms with van der Waals surface area (Å²) in [5.41, 5.74) is 9.14. The molecule has 166 valence electrons. The van der Waals surface area contributed by atoms with E-state index < -0.39 is 17.5 Å². The van der Waals surface area contributed by atoms with E-state index in [1.165, 1.54) is 6.20 Å². The number of nitrogens with two attached hydrogens (primary N) is 1.